The molecule has 1 saturated heterocycles. The zero-order valence-corrected chi connectivity index (χ0v) is 14.1. The van der Waals surface area contributed by atoms with E-state index in [-0.39, 0.29) is 21.0 Å². The van der Waals surface area contributed by atoms with Gasteiger partial charge in [-0.3, -0.25) is 0 Å². The van der Waals surface area contributed by atoms with E-state index >= 15 is 0 Å². The molecule has 6 heteroatoms. The van der Waals surface area contributed by atoms with Crippen molar-refractivity contribution in [2.45, 2.75) is 43.9 Å². The van der Waals surface area contributed by atoms with Crippen molar-refractivity contribution in [3.05, 3.63) is 0 Å². The van der Waals surface area contributed by atoms with Gasteiger partial charge < -0.3 is 23.7 Å². The molecule has 1 heterocycles. The summed E-state index contributed by atoms with van der Waals surface area (Å²) in [6.07, 6.45) is 1.22. The van der Waals surface area contributed by atoms with Gasteiger partial charge in [0.05, 0.1) is 29.3 Å². The molecule has 0 bridgehead atoms. The lowest BCUT2D eigenvalue weighted by Crippen LogP contribution is -2.36. The Labute approximate surface area is 118 Å². The molecule has 0 spiro atoms. The molecule has 1 atom stereocenters. The first-order chi connectivity index (χ1) is 9.07. The van der Waals surface area contributed by atoms with Crippen molar-refractivity contribution < 1.29 is 23.7 Å². The summed E-state index contributed by atoms with van der Waals surface area (Å²) in [6, 6.07) is 1.23. The van der Waals surface area contributed by atoms with Crippen molar-refractivity contribution in [2.24, 2.45) is 0 Å². The van der Waals surface area contributed by atoms with Crippen LogP contribution < -0.4 is 0 Å². The first kappa shape index (κ1) is 17.1. The lowest BCUT2D eigenvalue weighted by molar-refractivity contribution is -0.154. The van der Waals surface area contributed by atoms with Crippen LogP contribution in [0.4, 0.5) is 0 Å². The fourth-order valence-electron chi connectivity index (χ4n) is 1.73. The lowest BCUT2D eigenvalue weighted by Gasteiger charge is -2.27. The number of rotatable bonds is 12. The van der Waals surface area contributed by atoms with Crippen LogP contribution >= 0.6 is 0 Å². The minimum absolute atomic E-state index is 0.0189. The molecule has 0 radical (unpaired) electrons. The summed E-state index contributed by atoms with van der Waals surface area (Å²) in [4.78, 5) is 0. The molecule has 114 valence electrons. The largest absolute Gasteiger partial charge is 0.379 e. The molecular formula is C13H28O5Si. The molecule has 1 fully saturated rings. The van der Waals surface area contributed by atoms with Crippen molar-refractivity contribution in [3.63, 3.8) is 0 Å². The molecule has 0 aromatic rings. The van der Waals surface area contributed by atoms with Gasteiger partial charge in [0.25, 0.3) is 0 Å². The third-order valence-electron chi connectivity index (χ3n) is 3.16. The minimum atomic E-state index is -0.295. The van der Waals surface area contributed by atoms with Crippen LogP contribution in [0.15, 0.2) is 0 Å². The van der Waals surface area contributed by atoms with E-state index in [2.05, 4.69) is 13.8 Å². The van der Waals surface area contributed by atoms with Gasteiger partial charge in [-0.15, -0.1) is 0 Å². The highest BCUT2D eigenvalue weighted by Crippen LogP contribution is 2.12. The average molecular weight is 292 g/mol. The van der Waals surface area contributed by atoms with Crippen molar-refractivity contribution in [1.82, 2.24) is 0 Å². The van der Waals surface area contributed by atoms with Crippen LogP contribution in [0.5, 0.6) is 0 Å². The summed E-state index contributed by atoms with van der Waals surface area (Å²) in [7, 11) is 2.96. The third-order valence-corrected chi connectivity index (χ3v) is 5.42. The molecule has 0 aromatic heterocycles. The number of epoxide rings is 1. The Kier molecular flexibility index (Phi) is 8.13. The fourth-order valence-corrected chi connectivity index (χ4v) is 3.30. The second-order valence-corrected chi connectivity index (χ2v) is 8.37. The second kappa shape index (κ2) is 9.04. The van der Waals surface area contributed by atoms with E-state index in [0.717, 1.165) is 26.2 Å². The molecule has 0 saturated carbocycles. The zero-order chi connectivity index (χ0) is 14.1. The number of methoxy groups -OCH3 is 2. The van der Waals surface area contributed by atoms with Crippen LogP contribution in [-0.2, 0) is 23.7 Å². The molecule has 0 amide bonds. The van der Waals surface area contributed by atoms with Gasteiger partial charge in [0.15, 0.2) is 6.29 Å². The normalized spacial score (nSPS) is 19.7. The first-order valence-corrected chi connectivity index (χ1v) is 8.67. The van der Waals surface area contributed by atoms with Gasteiger partial charge in [-0.1, -0.05) is 6.04 Å². The molecule has 1 aliphatic heterocycles. The van der Waals surface area contributed by atoms with Crippen LogP contribution in [0, 0.1) is 0 Å². The highest BCUT2D eigenvalue weighted by Gasteiger charge is 2.22. The van der Waals surface area contributed by atoms with Gasteiger partial charge >= 0.3 is 0 Å². The number of hydrogen-bond acceptors (Lipinski definition) is 5. The maximum atomic E-state index is 5.88. The van der Waals surface area contributed by atoms with E-state index in [1.54, 1.807) is 14.2 Å². The Hall–Kier alpha value is 0.0169. The highest BCUT2D eigenvalue weighted by molar-refractivity contribution is 6.39. The Balaban J connectivity index is 1.98. The fraction of sp³-hybridized carbons (Fsp3) is 1.00. The summed E-state index contributed by atoms with van der Waals surface area (Å²) in [5.74, 6) is 0. The molecule has 1 aliphatic rings. The molecule has 1 rings (SSSR count). The van der Waals surface area contributed by atoms with Crippen LogP contribution in [0.2, 0.25) is 6.04 Å². The Morgan fingerprint density at radius 2 is 2.00 bits per heavy atom. The molecule has 0 N–H and O–H groups in total. The van der Waals surface area contributed by atoms with Crippen molar-refractivity contribution >= 4 is 9.52 Å². The topological polar surface area (TPSA) is 49.5 Å². The molecule has 0 aromatic carbocycles. The van der Waals surface area contributed by atoms with Crippen molar-refractivity contribution in [2.75, 3.05) is 40.6 Å². The van der Waals surface area contributed by atoms with Gasteiger partial charge in [-0.25, -0.2) is 0 Å². The Morgan fingerprint density at radius 3 is 2.58 bits per heavy atom. The Bertz CT molecular complexity index is 229. The number of hydrogen-bond donors (Lipinski definition) is 0. The van der Waals surface area contributed by atoms with E-state index in [1.165, 1.54) is 6.04 Å². The van der Waals surface area contributed by atoms with Crippen LogP contribution in [-0.4, -0.2) is 67.8 Å². The van der Waals surface area contributed by atoms with E-state index < -0.39 is 0 Å². The van der Waals surface area contributed by atoms with Gasteiger partial charge in [-0.2, -0.15) is 0 Å². The third kappa shape index (κ3) is 8.72. The predicted molar refractivity (Wildman–Crippen MR) is 76.4 cm³/mol. The summed E-state index contributed by atoms with van der Waals surface area (Å²) in [5.41, 5.74) is 0. The monoisotopic (exact) mass is 292 g/mol. The molecular weight excluding hydrogens is 264 g/mol. The minimum Gasteiger partial charge on any atom is -0.379 e. The van der Waals surface area contributed by atoms with Crippen molar-refractivity contribution in [3.8, 4) is 0 Å². The van der Waals surface area contributed by atoms with E-state index in [0.29, 0.717) is 12.7 Å². The number of ether oxygens (including phenoxy) is 5. The molecule has 0 aliphatic carbocycles. The lowest BCUT2D eigenvalue weighted by atomic mass is 10.4. The zero-order valence-electron chi connectivity index (χ0n) is 12.6. The van der Waals surface area contributed by atoms with Crippen LogP contribution in [0.1, 0.15) is 20.3 Å². The second-order valence-electron chi connectivity index (χ2n) is 5.46. The summed E-state index contributed by atoms with van der Waals surface area (Å²) in [5, 5.41) is -0.0189. The summed E-state index contributed by atoms with van der Waals surface area (Å²) in [6.45, 7) is 7.26. The molecule has 19 heavy (non-hydrogen) atoms. The van der Waals surface area contributed by atoms with E-state index in [9.17, 15) is 0 Å². The summed E-state index contributed by atoms with van der Waals surface area (Å²) >= 11 is 0. The molecule has 5 nitrogen and oxygen atoms in total. The standard InChI is InChI=1S/C13H28O5Si/c1-13(2,18-10-12(14-3)15-4)19-7-5-6-16-8-11-9-17-11/h11-12H,5-10,19H2,1-4H3. The average Bonchev–Trinajstić information content (AvgIpc) is 3.19. The highest BCUT2D eigenvalue weighted by atomic mass is 28.2. The van der Waals surface area contributed by atoms with Gasteiger partial charge in [0, 0.05) is 26.1 Å². The Morgan fingerprint density at radius 1 is 1.32 bits per heavy atom. The maximum absolute atomic E-state index is 5.88. The van der Waals surface area contributed by atoms with E-state index in [4.69, 9.17) is 23.7 Å². The van der Waals surface area contributed by atoms with Gasteiger partial charge in [0.2, 0.25) is 0 Å². The van der Waals surface area contributed by atoms with Crippen LogP contribution in [0.3, 0.4) is 0 Å². The van der Waals surface area contributed by atoms with Crippen molar-refractivity contribution in [1.29, 1.82) is 0 Å². The quantitative estimate of drug-likeness (QED) is 0.230. The van der Waals surface area contributed by atoms with Gasteiger partial charge in [0.1, 0.15) is 6.10 Å². The molecule has 1 unspecified atom stereocenters. The SMILES string of the molecule is COC(COC(C)(C)[SiH2]CCCOCC1CO1)OC. The van der Waals surface area contributed by atoms with Gasteiger partial charge in [-0.05, 0) is 20.3 Å². The van der Waals surface area contributed by atoms with E-state index in [1.807, 2.05) is 0 Å². The van der Waals surface area contributed by atoms with Crippen LogP contribution in [0.25, 0.3) is 0 Å². The maximum Gasteiger partial charge on any atom is 0.180 e. The predicted octanol–water partition coefficient (Wildman–Crippen LogP) is 0.751. The summed E-state index contributed by atoms with van der Waals surface area (Å²) < 4.78 is 26.7. The smallest absolute Gasteiger partial charge is 0.180 e. The first-order valence-electron chi connectivity index (χ1n) is 6.96.